The summed E-state index contributed by atoms with van der Waals surface area (Å²) in [6.45, 7) is 2.24. The number of aldehydes is 1. The first-order valence-corrected chi connectivity index (χ1v) is 9.88. The fraction of sp³-hybridized carbons (Fsp3) is 0.545. The molecule has 152 valence electrons. The zero-order valence-corrected chi connectivity index (χ0v) is 16.6. The molecule has 1 atom stereocenters. The average Bonchev–Trinajstić information content (AvgIpc) is 2.64. The molecule has 5 heteroatoms. The molecule has 1 amide bonds. The second-order valence-electron chi connectivity index (χ2n) is 6.44. The molecule has 27 heavy (non-hydrogen) atoms. The molecule has 0 aliphatic rings. The normalized spacial score (nSPS) is 13.3. The summed E-state index contributed by atoms with van der Waals surface area (Å²) < 4.78 is 0. The Kier molecular flexibility index (Phi) is 17.2. The standard InChI is InChI=1S/C22H36N2O3/c1-2-3-4-5-6-7-8-9-10-11-12-13-14-15-16-17-21(23)20-24(18-19-25)22(26)27/h6-7,9-10,12-13,15-16,19,21H,2-5,8,11,14,17-18,20,23H2,1H3,(H,26,27). The smallest absolute Gasteiger partial charge is 0.407 e. The minimum atomic E-state index is -1.12. The fourth-order valence-electron chi connectivity index (χ4n) is 2.39. The van der Waals surface area contributed by atoms with Crippen molar-refractivity contribution < 1.29 is 14.7 Å². The number of rotatable bonds is 16. The van der Waals surface area contributed by atoms with E-state index < -0.39 is 6.09 Å². The van der Waals surface area contributed by atoms with Crippen LogP contribution in [0.2, 0.25) is 0 Å². The molecule has 0 aromatic heterocycles. The Balaban J connectivity index is 3.76. The van der Waals surface area contributed by atoms with Crippen molar-refractivity contribution in [1.29, 1.82) is 0 Å². The molecule has 0 aromatic carbocycles. The van der Waals surface area contributed by atoms with Crippen LogP contribution in [0.4, 0.5) is 4.79 Å². The number of nitrogens with zero attached hydrogens (tertiary/aromatic N) is 1. The Morgan fingerprint density at radius 3 is 2.04 bits per heavy atom. The molecule has 0 aromatic rings. The maximum atomic E-state index is 10.9. The summed E-state index contributed by atoms with van der Waals surface area (Å²) in [5.41, 5.74) is 5.89. The van der Waals surface area contributed by atoms with Gasteiger partial charge in [-0.15, -0.1) is 0 Å². The number of unbranched alkanes of at least 4 members (excludes halogenated alkanes) is 3. The first kappa shape index (κ1) is 24.9. The number of hydrogen-bond acceptors (Lipinski definition) is 3. The van der Waals surface area contributed by atoms with Crippen LogP contribution in [-0.2, 0) is 4.79 Å². The van der Waals surface area contributed by atoms with E-state index in [0.29, 0.717) is 12.7 Å². The quantitative estimate of drug-likeness (QED) is 0.229. The van der Waals surface area contributed by atoms with Gasteiger partial charge in [0.2, 0.25) is 0 Å². The minimum absolute atomic E-state index is 0.141. The number of allylic oxidation sites excluding steroid dienone is 7. The van der Waals surface area contributed by atoms with Crippen molar-refractivity contribution in [1.82, 2.24) is 4.90 Å². The molecule has 0 spiro atoms. The number of carboxylic acid groups (broad SMARTS) is 1. The topological polar surface area (TPSA) is 83.6 Å². The highest BCUT2D eigenvalue weighted by atomic mass is 16.4. The van der Waals surface area contributed by atoms with Crippen LogP contribution in [0, 0.1) is 0 Å². The largest absolute Gasteiger partial charge is 0.465 e. The van der Waals surface area contributed by atoms with Gasteiger partial charge in [0, 0.05) is 12.6 Å². The van der Waals surface area contributed by atoms with E-state index in [9.17, 15) is 9.59 Å². The third kappa shape index (κ3) is 17.0. The van der Waals surface area contributed by atoms with Crippen LogP contribution in [0.1, 0.15) is 58.3 Å². The predicted molar refractivity (Wildman–Crippen MR) is 113 cm³/mol. The summed E-state index contributed by atoms with van der Waals surface area (Å²) in [4.78, 5) is 22.4. The molecule has 1 unspecified atom stereocenters. The van der Waals surface area contributed by atoms with Crippen LogP contribution in [-0.4, -0.2) is 41.5 Å². The van der Waals surface area contributed by atoms with Gasteiger partial charge >= 0.3 is 6.09 Å². The molecule has 0 fully saturated rings. The van der Waals surface area contributed by atoms with Gasteiger partial charge in [0.05, 0.1) is 6.54 Å². The summed E-state index contributed by atoms with van der Waals surface area (Å²) in [5.74, 6) is 0. The Bertz CT molecular complexity index is 496. The minimum Gasteiger partial charge on any atom is -0.465 e. The number of amides is 1. The lowest BCUT2D eigenvalue weighted by atomic mass is 10.2. The van der Waals surface area contributed by atoms with Gasteiger partial charge in [-0.3, -0.25) is 4.90 Å². The maximum Gasteiger partial charge on any atom is 0.407 e. The number of carbonyl (C=O) groups excluding carboxylic acids is 1. The van der Waals surface area contributed by atoms with Crippen LogP contribution in [0.5, 0.6) is 0 Å². The van der Waals surface area contributed by atoms with Gasteiger partial charge < -0.3 is 15.6 Å². The van der Waals surface area contributed by atoms with Gasteiger partial charge in [-0.25, -0.2) is 4.79 Å². The van der Waals surface area contributed by atoms with Crippen molar-refractivity contribution in [2.24, 2.45) is 5.73 Å². The molecule has 0 aliphatic carbocycles. The van der Waals surface area contributed by atoms with Gasteiger partial charge in [-0.05, 0) is 38.5 Å². The lowest BCUT2D eigenvalue weighted by Crippen LogP contribution is -2.41. The van der Waals surface area contributed by atoms with E-state index in [1.54, 1.807) is 0 Å². The highest BCUT2D eigenvalue weighted by Crippen LogP contribution is 2.01. The van der Waals surface area contributed by atoms with E-state index in [2.05, 4.69) is 43.4 Å². The number of carbonyl (C=O) groups is 2. The van der Waals surface area contributed by atoms with Crippen LogP contribution in [0.25, 0.3) is 0 Å². The Labute approximate surface area is 164 Å². The van der Waals surface area contributed by atoms with Crippen LogP contribution >= 0.6 is 0 Å². The van der Waals surface area contributed by atoms with Crippen molar-refractivity contribution in [2.45, 2.75) is 64.3 Å². The second kappa shape index (κ2) is 18.6. The van der Waals surface area contributed by atoms with Crippen molar-refractivity contribution in [3.05, 3.63) is 48.6 Å². The average molecular weight is 377 g/mol. The van der Waals surface area contributed by atoms with Gasteiger partial charge in [-0.1, -0.05) is 68.4 Å². The van der Waals surface area contributed by atoms with E-state index in [4.69, 9.17) is 10.8 Å². The zero-order chi connectivity index (χ0) is 20.2. The Morgan fingerprint density at radius 1 is 0.963 bits per heavy atom. The molecule has 0 rings (SSSR count). The lowest BCUT2D eigenvalue weighted by molar-refractivity contribution is -0.108. The SMILES string of the molecule is CCCCCC=CCC=CCC=CCC=CCC(N)CN(CC=O)C(=O)O. The third-order valence-corrected chi connectivity index (χ3v) is 3.92. The lowest BCUT2D eigenvalue weighted by Gasteiger charge is -2.19. The van der Waals surface area contributed by atoms with Crippen LogP contribution in [0.3, 0.4) is 0 Å². The van der Waals surface area contributed by atoms with Crippen molar-refractivity contribution in [3.8, 4) is 0 Å². The van der Waals surface area contributed by atoms with E-state index in [1.165, 1.54) is 25.7 Å². The molecule has 0 saturated heterocycles. The Morgan fingerprint density at radius 2 is 1.52 bits per heavy atom. The van der Waals surface area contributed by atoms with Gasteiger partial charge in [0.1, 0.15) is 6.29 Å². The highest BCUT2D eigenvalue weighted by Gasteiger charge is 2.13. The second-order valence-corrected chi connectivity index (χ2v) is 6.44. The zero-order valence-electron chi connectivity index (χ0n) is 16.6. The third-order valence-electron chi connectivity index (χ3n) is 3.92. The maximum absolute atomic E-state index is 10.9. The van der Waals surface area contributed by atoms with Crippen molar-refractivity contribution in [2.75, 3.05) is 13.1 Å². The molecule has 0 aliphatic heterocycles. The first-order chi connectivity index (χ1) is 13.1. The molecule has 0 bridgehead atoms. The van der Waals surface area contributed by atoms with Gasteiger partial charge in [-0.2, -0.15) is 0 Å². The molecule has 0 radical (unpaired) electrons. The van der Waals surface area contributed by atoms with Crippen LogP contribution in [0.15, 0.2) is 48.6 Å². The fourth-order valence-corrected chi connectivity index (χ4v) is 2.39. The highest BCUT2D eigenvalue weighted by molar-refractivity contribution is 5.69. The molecule has 5 nitrogen and oxygen atoms in total. The molecule has 0 heterocycles. The molecule has 0 saturated carbocycles. The first-order valence-electron chi connectivity index (χ1n) is 9.88. The van der Waals surface area contributed by atoms with Crippen LogP contribution < -0.4 is 5.73 Å². The van der Waals surface area contributed by atoms with Crippen molar-refractivity contribution in [3.63, 3.8) is 0 Å². The molecule has 3 N–H and O–H groups in total. The monoisotopic (exact) mass is 376 g/mol. The predicted octanol–water partition coefficient (Wildman–Crippen LogP) is 4.86. The Hall–Kier alpha value is -2.14. The molecular formula is C22H36N2O3. The van der Waals surface area contributed by atoms with Crippen molar-refractivity contribution >= 4 is 12.4 Å². The van der Waals surface area contributed by atoms with E-state index >= 15 is 0 Å². The van der Waals surface area contributed by atoms with E-state index in [1.807, 2.05) is 12.2 Å². The van der Waals surface area contributed by atoms with Gasteiger partial charge in [0.25, 0.3) is 0 Å². The summed E-state index contributed by atoms with van der Waals surface area (Å²) in [6.07, 6.45) is 24.9. The summed E-state index contributed by atoms with van der Waals surface area (Å²) in [6, 6.07) is -0.306. The summed E-state index contributed by atoms with van der Waals surface area (Å²) in [5, 5.41) is 8.93. The van der Waals surface area contributed by atoms with E-state index in [-0.39, 0.29) is 19.1 Å². The van der Waals surface area contributed by atoms with Gasteiger partial charge in [0.15, 0.2) is 0 Å². The summed E-state index contributed by atoms with van der Waals surface area (Å²) in [7, 11) is 0. The number of hydrogen-bond donors (Lipinski definition) is 2. The van der Waals surface area contributed by atoms with E-state index in [0.717, 1.165) is 24.2 Å². The molecular weight excluding hydrogens is 340 g/mol. The number of nitrogens with two attached hydrogens (primary N) is 1. The summed E-state index contributed by atoms with van der Waals surface area (Å²) >= 11 is 0.